The van der Waals surface area contributed by atoms with E-state index in [1.165, 1.54) is 0 Å². The lowest BCUT2D eigenvalue weighted by Gasteiger charge is -2.11. The Hall–Kier alpha value is -1.75. The van der Waals surface area contributed by atoms with E-state index in [0.717, 1.165) is 12.2 Å². The van der Waals surface area contributed by atoms with E-state index in [-0.39, 0.29) is 6.04 Å². The summed E-state index contributed by atoms with van der Waals surface area (Å²) in [7, 11) is 0. The molecule has 5 heteroatoms. The molecule has 0 saturated carbocycles. The van der Waals surface area contributed by atoms with E-state index in [4.69, 9.17) is 5.73 Å². The van der Waals surface area contributed by atoms with E-state index in [9.17, 15) is 0 Å². The Morgan fingerprint density at radius 1 is 1.33 bits per heavy atom. The number of hydrogen-bond acceptors (Lipinski definition) is 4. The summed E-state index contributed by atoms with van der Waals surface area (Å²) in [5.41, 5.74) is 6.99. The molecule has 0 aromatic carbocycles. The van der Waals surface area contributed by atoms with Crippen molar-refractivity contribution in [3.8, 4) is 0 Å². The molecule has 2 rings (SSSR count). The molecule has 2 heterocycles. The Morgan fingerprint density at radius 2 is 2.07 bits per heavy atom. The molecule has 0 aliphatic heterocycles. The molecule has 0 bridgehead atoms. The molecule has 1 unspecified atom stereocenters. The third kappa shape index (κ3) is 1.87. The maximum atomic E-state index is 6.05. The lowest BCUT2D eigenvalue weighted by molar-refractivity contribution is 0.590. The molecule has 2 N–H and O–H groups in total. The Kier molecular flexibility index (Phi) is 2.73. The molecule has 0 amide bonds. The molecule has 5 nitrogen and oxygen atoms in total. The van der Waals surface area contributed by atoms with Gasteiger partial charge in [-0.2, -0.15) is 5.10 Å². The van der Waals surface area contributed by atoms with Gasteiger partial charge in [0.15, 0.2) is 5.82 Å². The topological polar surface area (TPSA) is 69.6 Å². The average molecular weight is 203 g/mol. The van der Waals surface area contributed by atoms with Gasteiger partial charge in [0.2, 0.25) is 0 Å². The van der Waals surface area contributed by atoms with Crippen LogP contribution in [0.3, 0.4) is 0 Å². The van der Waals surface area contributed by atoms with Crippen molar-refractivity contribution in [1.82, 2.24) is 19.7 Å². The zero-order valence-electron chi connectivity index (χ0n) is 8.54. The van der Waals surface area contributed by atoms with Crippen LogP contribution in [0.5, 0.6) is 0 Å². The maximum absolute atomic E-state index is 6.05. The minimum Gasteiger partial charge on any atom is -0.316 e. The first-order chi connectivity index (χ1) is 7.33. The van der Waals surface area contributed by atoms with Crippen molar-refractivity contribution in [3.63, 3.8) is 0 Å². The molecule has 0 aliphatic carbocycles. The molecule has 2 aromatic heterocycles. The van der Waals surface area contributed by atoms with Crippen molar-refractivity contribution in [3.05, 3.63) is 42.2 Å². The van der Waals surface area contributed by atoms with Gasteiger partial charge in [-0.15, -0.1) is 0 Å². The third-order valence-electron chi connectivity index (χ3n) is 2.23. The minimum atomic E-state index is -0.311. The van der Waals surface area contributed by atoms with Crippen LogP contribution in [0.15, 0.2) is 30.7 Å². The van der Waals surface area contributed by atoms with Crippen LogP contribution in [0.1, 0.15) is 24.5 Å². The summed E-state index contributed by atoms with van der Waals surface area (Å²) in [6, 6.07) is 3.35. The molecule has 0 spiro atoms. The summed E-state index contributed by atoms with van der Waals surface area (Å²) < 4.78 is 1.85. The molecule has 78 valence electrons. The fourth-order valence-corrected chi connectivity index (χ4v) is 1.47. The molecule has 0 aliphatic rings. The van der Waals surface area contributed by atoms with Gasteiger partial charge >= 0.3 is 0 Å². The van der Waals surface area contributed by atoms with Crippen molar-refractivity contribution >= 4 is 0 Å². The number of aromatic nitrogens is 4. The molecule has 2 aromatic rings. The zero-order chi connectivity index (χ0) is 10.7. The van der Waals surface area contributed by atoms with Gasteiger partial charge in [-0.05, 0) is 19.1 Å². The summed E-state index contributed by atoms with van der Waals surface area (Å²) in [4.78, 5) is 8.27. The largest absolute Gasteiger partial charge is 0.316 e. The predicted octanol–water partition coefficient (Wildman–Crippen LogP) is 0.741. The first kappa shape index (κ1) is 9.79. The van der Waals surface area contributed by atoms with Gasteiger partial charge in [0.05, 0.1) is 5.69 Å². The number of rotatable bonds is 3. The Bertz CT molecular complexity index is 422. The Balaban J connectivity index is 2.32. The first-order valence-corrected chi connectivity index (χ1v) is 4.87. The number of aryl methyl sites for hydroxylation is 1. The maximum Gasteiger partial charge on any atom is 0.150 e. The van der Waals surface area contributed by atoms with Crippen LogP contribution in [-0.2, 0) is 6.54 Å². The standard InChI is InChI=1S/C10H13N5/c1-2-15-8(4-7-14-15)9(11)10-12-5-3-6-13-10/h3-7,9H,2,11H2,1H3. The molecule has 15 heavy (non-hydrogen) atoms. The minimum absolute atomic E-state index is 0.311. The van der Waals surface area contributed by atoms with E-state index in [1.807, 2.05) is 17.7 Å². The molecule has 0 radical (unpaired) electrons. The van der Waals surface area contributed by atoms with Gasteiger partial charge in [-0.25, -0.2) is 9.97 Å². The Labute approximate surface area is 88.0 Å². The third-order valence-corrected chi connectivity index (χ3v) is 2.23. The van der Waals surface area contributed by atoms with E-state index in [1.54, 1.807) is 24.7 Å². The van der Waals surface area contributed by atoms with Crippen molar-refractivity contribution in [2.45, 2.75) is 19.5 Å². The lowest BCUT2D eigenvalue weighted by atomic mass is 10.2. The van der Waals surface area contributed by atoms with E-state index in [0.29, 0.717) is 5.82 Å². The van der Waals surface area contributed by atoms with Crippen LogP contribution < -0.4 is 5.73 Å². The highest BCUT2D eigenvalue weighted by Crippen LogP contribution is 2.14. The highest BCUT2D eigenvalue weighted by molar-refractivity contribution is 5.15. The molecule has 1 atom stereocenters. The number of nitrogens with two attached hydrogens (primary N) is 1. The average Bonchev–Trinajstić information content (AvgIpc) is 2.77. The number of nitrogens with zero attached hydrogens (tertiary/aromatic N) is 4. The Morgan fingerprint density at radius 3 is 2.73 bits per heavy atom. The summed E-state index contributed by atoms with van der Waals surface area (Å²) in [5.74, 6) is 0.618. The first-order valence-electron chi connectivity index (χ1n) is 4.87. The normalized spacial score (nSPS) is 12.7. The van der Waals surface area contributed by atoms with Crippen LogP contribution in [-0.4, -0.2) is 19.7 Å². The summed E-state index contributed by atoms with van der Waals surface area (Å²) in [6.45, 7) is 2.82. The van der Waals surface area contributed by atoms with Gasteiger partial charge in [0.25, 0.3) is 0 Å². The second-order valence-electron chi connectivity index (χ2n) is 3.16. The van der Waals surface area contributed by atoms with Gasteiger partial charge in [-0.1, -0.05) is 0 Å². The highest BCUT2D eigenvalue weighted by Gasteiger charge is 2.15. The van der Waals surface area contributed by atoms with Crippen LogP contribution in [0.4, 0.5) is 0 Å². The molecular formula is C10H13N5. The van der Waals surface area contributed by atoms with Gasteiger partial charge < -0.3 is 5.73 Å². The molecule has 0 saturated heterocycles. The van der Waals surface area contributed by atoms with Crippen molar-refractivity contribution < 1.29 is 0 Å². The van der Waals surface area contributed by atoms with Crippen molar-refractivity contribution in [1.29, 1.82) is 0 Å². The highest BCUT2D eigenvalue weighted by atomic mass is 15.3. The molecular weight excluding hydrogens is 190 g/mol. The monoisotopic (exact) mass is 203 g/mol. The van der Waals surface area contributed by atoms with Crippen LogP contribution in [0, 0.1) is 0 Å². The van der Waals surface area contributed by atoms with Gasteiger partial charge in [0.1, 0.15) is 6.04 Å². The second kappa shape index (κ2) is 4.18. The van der Waals surface area contributed by atoms with E-state index in [2.05, 4.69) is 15.1 Å². The van der Waals surface area contributed by atoms with Crippen molar-refractivity contribution in [2.75, 3.05) is 0 Å². The predicted molar refractivity (Wildman–Crippen MR) is 56.0 cm³/mol. The molecule has 0 fully saturated rings. The van der Waals surface area contributed by atoms with Crippen molar-refractivity contribution in [2.24, 2.45) is 5.73 Å². The zero-order valence-corrected chi connectivity index (χ0v) is 8.54. The van der Waals surface area contributed by atoms with Gasteiger partial charge in [0, 0.05) is 25.1 Å². The van der Waals surface area contributed by atoms with Crippen LogP contribution in [0.2, 0.25) is 0 Å². The summed E-state index contributed by atoms with van der Waals surface area (Å²) >= 11 is 0. The fraction of sp³-hybridized carbons (Fsp3) is 0.300. The smallest absolute Gasteiger partial charge is 0.150 e. The lowest BCUT2D eigenvalue weighted by Crippen LogP contribution is -2.19. The second-order valence-corrected chi connectivity index (χ2v) is 3.16. The van der Waals surface area contributed by atoms with E-state index >= 15 is 0 Å². The van der Waals surface area contributed by atoms with Gasteiger partial charge in [-0.3, -0.25) is 4.68 Å². The quantitative estimate of drug-likeness (QED) is 0.798. The van der Waals surface area contributed by atoms with Crippen LogP contribution in [0.25, 0.3) is 0 Å². The van der Waals surface area contributed by atoms with E-state index < -0.39 is 0 Å². The summed E-state index contributed by atoms with van der Waals surface area (Å²) in [6.07, 6.45) is 5.12. The van der Waals surface area contributed by atoms with Crippen LogP contribution >= 0.6 is 0 Å². The summed E-state index contributed by atoms with van der Waals surface area (Å²) in [5, 5.41) is 4.16. The number of hydrogen-bond donors (Lipinski definition) is 1. The SMILES string of the molecule is CCn1nccc1C(N)c1ncccn1. The fourth-order valence-electron chi connectivity index (χ4n) is 1.47.